The van der Waals surface area contributed by atoms with Crippen LogP contribution in [0.5, 0.6) is 0 Å². The van der Waals surface area contributed by atoms with E-state index in [1.807, 2.05) is 6.07 Å². The van der Waals surface area contributed by atoms with E-state index in [1.54, 1.807) is 18.2 Å². The van der Waals surface area contributed by atoms with Gasteiger partial charge in [-0.25, -0.2) is 0 Å². The van der Waals surface area contributed by atoms with Gasteiger partial charge >= 0.3 is 0 Å². The van der Waals surface area contributed by atoms with Gasteiger partial charge in [-0.05, 0) is 25.0 Å². The molecule has 0 saturated heterocycles. The van der Waals surface area contributed by atoms with Crippen molar-refractivity contribution in [1.82, 2.24) is 10.3 Å². The van der Waals surface area contributed by atoms with E-state index < -0.39 is 17.9 Å². The Morgan fingerprint density at radius 3 is 2.83 bits per heavy atom. The van der Waals surface area contributed by atoms with Crippen molar-refractivity contribution < 1.29 is 9.59 Å². The van der Waals surface area contributed by atoms with E-state index in [2.05, 4.69) is 10.3 Å². The number of pyridine rings is 1. The van der Waals surface area contributed by atoms with Gasteiger partial charge in [-0.2, -0.15) is 5.26 Å². The Bertz CT molecular complexity index is 453. The van der Waals surface area contributed by atoms with Crippen LogP contribution < -0.4 is 11.1 Å². The molecule has 1 heterocycles. The average molecular weight is 246 g/mol. The summed E-state index contributed by atoms with van der Waals surface area (Å²) in [6, 6.07) is 6.11. The lowest BCUT2D eigenvalue weighted by Crippen LogP contribution is -2.44. The lowest BCUT2D eigenvalue weighted by molar-refractivity contribution is -0.120. The zero-order chi connectivity index (χ0) is 13.4. The fourth-order valence-corrected chi connectivity index (χ4v) is 1.40. The predicted molar refractivity (Wildman–Crippen MR) is 64.1 cm³/mol. The molecule has 1 rings (SSSR count). The monoisotopic (exact) mass is 246 g/mol. The van der Waals surface area contributed by atoms with Gasteiger partial charge in [0.2, 0.25) is 5.91 Å². The number of aromatic nitrogens is 1. The number of carbonyl (C=O) groups is 2. The molecular formula is C12H14N4O2. The molecule has 1 aromatic rings. The third kappa shape index (κ3) is 4.22. The Hall–Kier alpha value is -2.42. The summed E-state index contributed by atoms with van der Waals surface area (Å²) in [5.41, 5.74) is 5.41. The van der Waals surface area contributed by atoms with Gasteiger partial charge in [0.25, 0.3) is 5.91 Å². The number of carbonyl (C=O) groups excluding carboxylic acids is 2. The highest BCUT2D eigenvalue weighted by Crippen LogP contribution is 2.02. The number of unbranched alkanes of at least 4 members (excludes halogenated alkanes) is 1. The van der Waals surface area contributed by atoms with Gasteiger partial charge < -0.3 is 11.1 Å². The Labute approximate surface area is 105 Å². The molecule has 0 spiro atoms. The standard InChI is InChI=1S/C12H14N4O2/c13-7-3-1-5-9(11(14)17)16-12(18)10-6-2-4-8-15-10/h2,4,6,8-9H,1,3,5H2,(H2,14,17)(H,16,18)/t9-/m1/s1. The Morgan fingerprint density at radius 1 is 1.50 bits per heavy atom. The number of nitriles is 1. The van der Waals surface area contributed by atoms with Gasteiger partial charge in [0, 0.05) is 12.6 Å². The molecule has 94 valence electrons. The van der Waals surface area contributed by atoms with Crippen LogP contribution in [-0.2, 0) is 4.79 Å². The molecule has 6 nitrogen and oxygen atoms in total. The van der Waals surface area contributed by atoms with Crippen molar-refractivity contribution in [3.8, 4) is 6.07 Å². The highest BCUT2D eigenvalue weighted by Gasteiger charge is 2.18. The molecule has 0 radical (unpaired) electrons. The SMILES string of the molecule is N#CCCC[C@@H](NC(=O)c1ccccn1)C(N)=O. The maximum absolute atomic E-state index is 11.7. The largest absolute Gasteiger partial charge is 0.368 e. The van der Waals surface area contributed by atoms with Crippen LogP contribution in [0.25, 0.3) is 0 Å². The third-order valence-electron chi connectivity index (χ3n) is 2.33. The van der Waals surface area contributed by atoms with Crippen LogP contribution in [0.15, 0.2) is 24.4 Å². The van der Waals surface area contributed by atoms with Crippen molar-refractivity contribution in [3.05, 3.63) is 30.1 Å². The summed E-state index contributed by atoms with van der Waals surface area (Å²) in [4.78, 5) is 26.8. The summed E-state index contributed by atoms with van der Waals surface area (Å²) < 4.78 is 0. The van der Waals surface area contributed by atoms with Crippen molar-refractivity contribution in [2.24, 2.45) is 5.73 Å². The van der Waals surface area contributed by atoms with E-state index in [0.29, 0.717) is 19.3 Å². The molecule has 0 aromatic carbocycles. The predicted octanol–water partition coefficient (Wildman–Crippen LogP) is 0.359. The number of nitrogens with zero attached hydrogens (tertiary/aromatic N) is 2. The Morgan fingerprint density at radius 2 is 2.28 bits per heavy atom. The second-order valence-electron chi connectivity index (χ2n) is 3.69. The number of hydrogen-bond donors (Lipinski definition) is 2. The maximum Gasteiger partial charge on any atom is 0.270 e. The number of nitrogens with one attached hydrogen (secondary N) is 1. The van der Waals surface area contributed by atoms with E-state index in [9.17, 15) is 9.59 Å². The smallest absolute Gasteiger partial charge is 0.270 e. The van der Waals surface area contributed by atoms with Crippen molar-refractivity contribution in [3.63, 3.8) is 0 Å². The number of primary amides is 1. The van der Waals surface area contributed by atoms with Crippen molar-refractivity contribution >= 4 is 11.8 Å². The molecule has 0 aliphatic carbocycles. The number of rotatable bonds is 6. The zero-order valence-electron chi connectivity index (χ0n) is 9.80. The summed E-state index contributed by atoms with van der Waals surface area (Å²) in [6.07, 6.45) is 2.67. The minimum Gasteiger partial charge on any atom is -0.368 e. The van der Waals surface area contributed by atoms with Crippen molar-refractivity contribution in [2.45, 2.75) is 25.3 Å². The van der Waals surface area contributed by atoms with Crippen LogP contribution in [0.2, 0.25) is 0 Å². The fourth-order valence-electron chi connectivity index (χ4n) is 1.40. The molecule has 0 unspecified atom stereocenters. The molecule has 1 atom stereocenters. The van der Waals surface area contributed by atoms with Gasteiger partial charge in [0.15, 0.2) is 0 Å². The summed E-state index contributed by atoms with van der Waals surface area (Å²) in [6.45, 7) is 0. The molecular weight excluding hydrogens is 232 g/mol. The van der Waals surface area contributed by atoms with Crippen LogP contribution >= 0.6 is 0 Å². The minimum absolute atomic E-state index is 0.226. The number of amides is 2. The van der Waals surface area contributed by atoms with Crippen LogP contribution in [0, 0.1) is 11.3 Å². The third-order valence-corrected chi connectivity index (χ3v) is 2.33. The van der Waals surface area contributed by atoms with Crippen molar-refractivity contribution in [2.75, 3.05) is 0 Å². The molecule has 0 aliphatic heterocycles. The second-order valence-corrected chi connectivity index (χ2v) is 3.69. The number of hydrogen-bond acceptors (Lipinski definition) is 4. The van der Waals surface area contributed by atoms with Crippen LogP contribution in [0.1, 0.15) is 29.8 Å². The highest BCUT2D eigenvalue weighted by molar-refractivity contribution is 5.95. The Balaban J connectivity index is 2.59. The first-order valence-electron chi connectivity index (χ1n) is 5.53. The van der Waals surface area contributed by atoms with E-state index in [0.717, 1.165) is 0 Å². The molecule has 18 heavy (non-hydrogen) atoms. The molecule has 6 heteroatoms. The maximum atomic E-state index is 11.7. The summed E-state index contributed by atoms with van der Waals surface area (Å²) in [7, 11) is 0. The van der Waals surface area contributed by atoms with E-state index >= 15 is 0 Å². The number of nitrogens with two attached hydrogens (primary N) is 1. The topological polar surface area (TPSA) is 109 Å². The molecule has 0 fully saturated rings. The first kappa shape index (κ1) is 13.6. The van der Waals surface area contributed by atoms with Crippen LogP contribution in [-0.4, -0.2) is 22.8 Å². The zero-order valence-corrected chi connectivity index (χ0v) is 9.80. The van der Waals surface area contributed by atoms with Gasteiger partial charge in [0.1, 0.15) is 11.7 Å². The van der Waals surface area contributed by atoms with Crippen LogP contribution in [0.4, 0.5) is 0 Å². The summed E-state index contributed by atoms with van der Waals surface area (Å²) in [5, 5.41) is 10.9. The van der Waals surface area contributed by atoms with Gasteiger partial charge in [-0.15, -0.1) is 0 Å². The van der Waals surface area contributed by atoms with E-state index in [1.165, 1.54) is 6.20 Å². The highest BCUT2D eigenvalue weighted by atomic mass is 16.2. The fraction of sp³-hybridized carbons (Fsp3) is 0.333. The molecule has 0 bridgehead atoms. The average Bonchev–Trinajstić information content (AvgIpc) is 2.38. The van der Waals surface area contributed by atoms with Gasteiger partial charge in [-0.1, -0.05) is 6.07 Å². The first-order valence-corrected chi connectivity index (χ1v) is 5.53. The Kier molecular flexibility index (Phi) is 5.32. The molecule has 0 saturated carbocycles. The summed E-state index contributed by atoms with van der Waals surface area (Å²) >= 11 is 0. The van der Waals surface area contributed by atoms with E-state index in [-0.39, 0.29) is 5.69 Å². The molecule has 0 aliphatic rings. The summed E-state index contributed by atoms with van der Waals surface area (Å²) in [5.74, 6) is -1.06. The lowest BCUT2D eigenvalue weighted by atomic mass is 10.1. The normalized spacial score (nSPS) is 11.3. The molecule has 2 amide bonds. The second kappa shape index (κ2) is 7.01. The first-order chi connectivity index (χ1) is 8.65. The molecule has 1 aromatic heterocycles. The quantitative estimate of drug-likeness (QED) is 0.706. The van der Waals surface area contributed by atoms with E-state index in [4.69, 9.17) is 11.0 Å². The lowest BCUT2D eigenvalue weighted by Gasteiger charge is -2.14. The molecule has 3 N–H and O–H groups in total. The van der Waals surface area contributed by atoms with Crippen molar-refractivity contribution in [1.29, 1.82) is 5.26 Å². The minimum atomic E-state index is -0.771. The van der Waals surface area contributed by atoms with Gasteiger partial charge in [0.05, 0.1) is 6.07 Å². The van der Waals surface area contributed by atoms with Gasteiger partial charge in [-0.3, -0.25) is 14.6 Å². The van der Waals surface area contributed by atoms with Crippen LogP contribution in [0.3, 0.4) is 0 Å².